The van der Waals surface area contributed by atoms with E-state index in [1.165, 1.54) is 13.3 Å². The van der Waals surface area contributed by atoms with Crippen LogP contribution in [0.4, 0.5) is 0 Å². The van der Waals surface area contributed by atoms with Gasteiger partial charge in [-0.05, 0) is 25.7 Å². The predicted octanol–water partition coefficient (Wildman–Crippen LogP) is -1.11. The Hall–Kier alpha value is -0.810. The molecule has 1 saturated carbocycles. The highest BCUT2D eigenvalue weighted by Crippen LogP contribution is 2.21. The molecule has 0 aromatic carbocycles. The number of carbonyl (C=O) groups excluding carboxylic acids is 2. The van der Waals surface area contributed by atoms with Crippen LogP contribution in [0.1, 0.15) is 45.4 Å². The van der Waals surface area contributed by atoms with Gasteiger partial charge in [-0.1, -0.05) is 6.42 Å². The lowest BCUT2D eigenvalue weighted by molar-refractivity contribution is -0.873. The van der Waals surface area contributed by atoms with Gasteiger partial charge < -0.3 is 26.4 Å². The maximum absolute atomic E-state index is 12.0. The van der Waals surface area contributed by atoms with Gasteiger partial charge in [-0.3, -0.25) is 9.59 Å². The number of halogens is 1. The molecule has 5 nitrogen and oxygen atoms in total. The van der Waals surface area contributed by atoms with E-state index in [4.69, 9.17) is 9.47 Å². The molecule has 1 aliphatic rings. The van der Waals surface area contributed by atoms with Crippen LogP contribution in [-0.2, 0) is 19.1 Å². The van der Waals surface area contributed by atoms with Crippen LogP contribution in [0.2, 0.25) is 0 Å². The first-order chi connectivity index (χ1) is 9.26. The molecule has 0 saturated heterocycles. The summed E-state index contributed by atoms with van der Waals surface area (Å²) in [4.78, 5) is 23.1. The number of nitrogens with zero attached hydrogens (tertiary/aromatic N) is 1. The van der Waals surface area contributed by atoms with E-state index in [0.717, 1.165) is 25.7 Å². The number of rotatable bonds is 6. The third kappa shape index (κ3) is 9.69. The summed E-state index contributed by atoms with van der Waals surface area (Å²) in [7, 11) is 6.01. The average molecular weight is 322 g/mol. The minimum absolute atomic E-state index is 0. The van der Waals surface area contributed by atoms with E-state index in [-0.39, 0.29) is 36.9 Å². The fourth-order valence-electron chi connectivity index (χ4n) is 2.59. The molecule has 1 atom stereocenters. The van der Waals surface area contributed by atoms with Crippen LogP contribution in [0.5, 0.6) is 0 Å². The van der Waals surface area contributed by atoms with Crippen LogP contribution in [0.3, 0.4) is 0 Å². The first kappa shape index (κ1) is 20.2. The Kier molecular flexibility index (Phi) is 8.90. The highest BCUT2D eigenvalue weighted by atomic mass is 35.5. The predicted molar refractivity (Wildman–Crippen MR) is 76.0 cm³/mol. The van der Waals surface area contributed by atoms with Crippen LogP contribution >= 0.6 is 0 Å². The standard InChI is InChI=1S/C15H28NO4.ClH/c1-12(17)19-14(11-16(2,3)4)10-15(18)20-13-8-6-5-7-9-13;/h13-14H,5-11H2,1-4H3;1H/q+1;/p-1. The molecule has 0 spiro atoms. The molecule has 0 heterocycles. The topological polar surface area (TPSA) is 52.6 Å². The molecule has 21 heavy (non-hydrogen) atoms. The zero-order valence-electron chi connectivity index (χ0n) is 13.6. The molecule has 1 rings (SSSR count). The Morgan fingerprint density at radius 3 is 2.19 bits per heavy atom. The van der Waals surface area contributed by atoms with Crippen molar-refractivity contribution in [1.82, 2.24) is 0 Å². The van der Waals surface area contributed by atoms with Gasteiger partial charge in [0.1, 0.15) is 12.6 Å². The van der Waals surface area contributed by atoms with Crippen molar-refractivity contribution in [3.05, 3.63) is 0 Å². The molecule has 124 valence electrons. The third-order valence-corrected chi connectivity index (χ3v) is 3.33. The van der Waals surface area contributed by atoms with Crippen molar-refractivity contribution in [3.8, 4) is 0 Å². The van der Waals surface area contributed by atoms with Crippen LogP contribution in [0.15, 0.2) is 0 Å². The minimum atomic E-state index is -0.413. The molecular formula is C15H28ClNO4. The monoisotopic (exact) mass is 321 g/mol. The molecule has 0 radical (unpaired) electrons. The Morgan fingerprint density at radius 1 is 1.14 bits per heavy atom. The van der Waals surface area contributed by atoms with E-state index in [9.17, 15) is 9.59 Å². The number of quaternary nitrogens is 1. The van der Waals surface area contributed by atoms with E-state index in [1.54, 1.807) is 0 Å². The lowest BCUT2D eigenvalue weighted by atomic mass is 9.98. The summed E-state index contributed by atoms with van der Waals surface area (Å²) >= 11 is 0. The molecule has 6 heteroatoms. The van der Waals surface area contributed by atoms with Gasteiger partial charge in [-0.2, -0.15) is 0 Å². The second-order valence-electron chi connectivity index (χ2n) is 6.66. The van der Waals surface area contributed by atoms with Crippen LogP contribution in [-0.4, -0.2) is 56.3 Å². The van der Waals surface area contributed by atoms with Crippen molar-refractivity contribution >= 4 is 11.9 Å². The number of esters is 2. The van der Waals surface area contributed by atoms with Gasteiger partial charge in [0.25, 0.3) is 0 Å². The normalized spacial score (nSPS) is 17.5. The van der Waals surface area contributed by atoms with Crippen molar-refractivity contribution in [1.29, 1.82) is 0 Å². The van der Waals surface area contributed by atoms with E-state index < -0.39 is 6.10 Å². The molecular weight excluding hydrogens is 294 g/mol. The number of ether oxygens (including phenoxy) is 2. The summed E-state index contributed by atoms with van der Waals surface area (Å²) in [6, 6.07) is 0. The van der Waals surface area contributed by atoms with Gasteiger partial charge in [-0.15, -0.1) is 0 Å². The fourth-order valence-corrected chi connectivity index (χ4v) is 2.59. The van der Waals surface area contributed by atoms with Gasteiger partial charge in [0.2, 0.25) is 0 Å². The number of hydrogen-bond donors (Lipinski definition) is 0. The molecule has 0 aromatic rings. The third-order valence-electron chi connectivity index (χ3n) is 3.33. The van der Waals surface area contributed by atoms with Crippen molar-refractivity contribution in [2.45, 2.75) is 57.7 Å². The van der Waals surface area contributed by atoms with Crippen LogP contribution in [0, 0.1) is 0 Å². The van der Waals surface area contributed by atoms with Crippen LogP contribution in [0.25, 0.3) is 0 Å². The van der Waals surface area contributed by atoms with Crippen molar-refractivity contribution in [2.75, 3.05) is 27.7 Å². The first-order valence-electron chi connectivity index (χ1n) is 7.43. The quantitative estimate of drug-likeness (QED) is 0.460. The molecule has 1 aliphatic carbocycles. The van der Waals surface area contributed by atoms with Crippen molar-refractivity contribution in [2.24, 2.45) is 0 Å². The molecule has 0 bridgehead atoms. The maximum atomic E-state index is 12.0. The summed E-state index contributed by atoms with van der Waals surface area (Å²) in [5, 5.41) is 0. The Balaban J connectivity index is 0.00000400. The number of carbonyl (C=O) groups is 2. The van der Waals surface area contributed by atoms with E-state index >= 15 is 0 Å². The second-order valence-corrected chi connectivity index (χ2v) is 6.66. The molecule has 0 amide bonds. The minimum Gasteiger partial charge on any atom is -1.00 e. The zero-order chi connectivity index (χ0) is 15.2. The summed E-state index contributed by atoms with van der Waals surface area (Å²) in [5.74, 6) is -0.606. The molecule has 1 unspecified atom stereocenters. The summed E-state index contributed by atoms with van der Waals surface area (Å²) in [6.07, 6.45) is 5.19. The molecule has 0 N–H and O–H groups in total. The lowest BCUT2D eigenvalue weighted by Crippen LogP contribution is -3.00. The maximum Gasteiger partial charge on any atom is 0.310 e. The summed E-state index contributed by atoms with van der Waals surface area (Å²) < 4.78 is 11.3. The second kappa shape index (κ2) is 9.26. The fraction of sp³-hybridized carbons (Fsp3) is 0.867. The van der Waals surface area contributed by atoms with Gasteiger partial charge in [-0.25, -0.2) is 0 Å². The highest BCUT2D eigenvalue weighted by Gasteiger charge is 2.26. The average Bonchev–Trinajstić information content (AvgIpc) is 2.26. The highest BCUT2D eigenvalue weighted by molar-refractivity contribution is 5.71. The molecule has 0 aliphatic heterocycles. The van der Waals surface area contributed by atoms with Crippen LogP contribution < -0.4 is 12.4 Å². The summed E-state index contributed by atoms with van der Waals surface area (Å²) in [5.41, 5.74) is 0. The van der Waals surface area contributed by atoms with Gasteiger partial charge in [0, 0.05) is 6.92 Å². The number of likely N-dealkylation sites (N-methyl/N-ethyl adjacent to an activating group) is 1. The smallest absolute Gasteiger partial charge is 0.310 e. The van der Waals surface area contributed by atoms with E-state index in [0.29, 0.717) is 11.0 Å². The Bertz CT molecular complexity index is 335. The summed E-state index contributed by atoms with van der Waals surface area (Å²) in [6.45, 7) is 1.97. The number of hydrogen-bond acceptors (Lipinski definition) is 4. The van der Waals surface area contributed by atoms with E-state index in [2.05, 4.69) is 0 Å². The van der Waals surface area contributed by atoms with Gasteiger partial charge in [0.05, 0.1) is 27.6 Å². The lowest BCUT2D eigenvalue weighted by Gasteiger charge is -2.29. The largest absolute Gasteiger partial charge is 1.00 e. The van der Waals surface area contributed by atoms with Gasteiger partial charge >= 0.3 is 11.9 Å². The van der Waals surface area contributed by atoms with Crippen molar-refractivity contribution < 1.29 is 36.0 Å². The molecule has 1 fully saturated rings. The Morgan fingerprint density at radius 2 is 1.71 bits per heavy atom. The molecule has 0 aromatic heterocycles. The zero-order valence-corrected chi connectivity index (χ0v) is 14.3. The van der Waals surface area contributed by atoms with E-state index in [1.807, 2.05) is 21.1 Å². The van der Waals surface area contributed by atoms with Crippen molar-refractivity contribution in [3.63, 3.8) is 0 Å². The Labute approximate surface area is 134 Å². The first-order valence-corrected chi connectivity index (χ1v) is 7.43. The van der Waals surface area contributed by atoms with Gasteiger partial charge in [0.15, 0.2) is 6.10 Å². The SMILES string of the molecule is CC(=O)OC(CC(=O)OC1CCCCC1)C[N+](C)(C)C.[Cl-].